The van der Waals surface area contributed by atoms with Gasteiger partial charge in [-0.2, -0.15) is 0 Å². The third kappa shape index (κ3) is 6.15. The van der Waals surface area contributed by atoms with Gasteiger partial charge in [-0.05, 0) is 43.4 Å². The van der Waals surface area contributed by atoms with Crippen LogP contribution in [0, 0.1) is 0 Å². The maximum absolute atomic E-state index is 13.9. The molecule has 7 heteroatoms. The first-order valence-electron chi connectivity index (χ1n) is 13.8. The molecule has 39 heavy (non-hydrogen) atoms. The number of carbonyl (C=O) groups is 2. The zero-order valence-electron chi connectivity index (χ0n) is 22.7. The van der Waals surface area contributed by atoms with E-state index < -0.39 is 12.1 Å². The molecule has 0 aliphatic carbocycles. The molecule has 0 saturated carbocycles. The van der Waals surface area contributed by atoms with Crippen molar-refractivity contribution in [2.75, 3.05) is 6.61 Å². The molecule has 3 aromatic rings. The molecule has 2 fully saturated rings. The second kappa shape index (κ2) is 12.5. The van der Waals surface area contributed by atoms with Crippen molar-refractivity contribution in [3.05, 3.63) is 108 Å². The monoisotopic (exact) mass is 527 g/mol. The van der Waals surface area contributed by atoms with Crippen LogP contribution in [0.15, 0.2) is 91.0 Å². The lowest BCUT2D eigenvalue weighted by Gasteiger charge is -2.55. The number of hydrazine groups is 1. The second-order valence-corrected chi connectivity index (χ2v) is 10.5. The summed E-state index contributed by atoms with van der Waals surface area (Å²) in [7, 11) is 0. The maximum atomic E-state index is 13.9. The van der Waals surface area contributed by atoms with Crippen molar-refractivity contribution in [2.45, 2.75) is 70.6 Å². The number of amides is 2. The van der Waals surface area contributed by atoms with Gasteiger partial charge in [0, 0.05) is 18.6 Å². The summed E-state index contributed by atoms with van der Waals surface area (Å²) in [6.07, 6.45) is 1.55. The van der Waals surface area contributed by atoms with E-state index in [1.54, 1.807) is 4.90 Å². The third-order valence-corrected chi connectivity index (χ3v) is 7.68. The zero-order chi connectivity index (χ0) is 27.2. The van der Waals surface area contributed by atoms with Gasteiger partial charge in [0.2, 0.25) is 0 Å². The Balaban J connectivity index is 1.38. The molecule has 7 nitrogen and oxygen atoms in total. The summed E-state index contributed by atoms with van der Waals surface area (Å²) in [5, 5.41) is 4.03. The van der Waals surface area contributed by atoms with Crippen molar-refractivity contribution in [3.8, 4) is 0 Å². The van der Waals surface area contributed by atoms with E-state index in [-0.39, 0.29) is 37.2 Å². The largest absolute Gasteiger partial charge is 0.445 e. The van der Waals surface area contributed by atoms with Crippen molar-refractivity contribution >= 4 is 12.0 Å². The smallest absolute Gasteiger partial charge is 0.411 e. The molecule has 0 bridgehead atoms. The number of benzene rings is 3. The fourth-order valence-electron chi connectivity index (χ4n) is 5.64. The van der Waals surface area contributed by atoms with E-state index in [2.05, 4.69) is 18.9 Å². The van der Waals surface area contributed by atoms with Gasteiger partial charge in [-0.15, -0.1) is 0 Å². The Labute approximate surface area is 230 Å². The van der Waals surface area contributed by atoms with Crippen molar-refractivity contribution in [1.82, 2.24) is 14.9 Å². The molecule has 2 aliphatic heterocycles. The SMILES string of the molecule is C[C@@H]1CC[C@@H](C)N1N1C(=O)[C@H](N(Cc2ccccc2)C(=O)OCc2ccccc2)[C@@H]1COCc1ccccc1. The van der Waals surface area contributed by atoms with Crippen LogP contribution in [0.5, 0.6) is 0 Å². The highest BCUT2D eigenvalue weighted by Gasteiger charge is 2.56. The molecule has 0 unspecified atom stereocenters. The van der Waals surface area contributed by atoms with Gasteiger partial charge in [-0.1, -0.05) is 91.0 Å². The molecule has 5 rings (SSSR count). The fraction of sp³-hybridized carbons (Fsp3) is 0.375. The van der Waals surface area contributed by atoms with Crippen molar-refractivity contribution in [2.24, 2.45) is 0 Å². The molecule has 2 saturated heterocycles. The van der Waals surface area contributed by atoms with E-state index in [4.69, 9.17) is 9.47 Å². The molecule has 3 aromatic carbocycles. The standard InChI is InChI=1S/C32H37N3O4/c1-24-18-19-25(2)34(24)35-29(23-38-21-27-14-8-4-9-15-27)30(31(35)36)33(20-26-12-6-3-7-13-26)32(37)39-22-28-16-10-5-11-17-28/h3-17,24-25,29-30H,18-23H2,1-2H3/t24-,25-,29+,30-/m1/s1. The first-order valence-corrected chi connectivity index (χ1v) is 13.8. The molecule has 2 heterocycles. The topological polar surface area (TPSA) is 62.3 Å². The second-order valence-electron chi connectivity index (χ2n) is 10.5. The predicted molar refractivity (Wildman–Crippen MR) is 149 cm³/mol. The Hall–Kier alpha value is -3.68. The Morgan fingerprint density at radius 2 is 1.31 bits per heavy atom. The molecule has 4 atom stereocenters. The van der Waals surface area contributed by atoms with Gasteiger partial charge in [0.05, 0.1) is 13.2 Å². The molecule has 0 aromatic heterocycles. The van der Waals surface area contributed by atoms with Gasteiger partial charge in [-0.3, -0.25) is 14.7 Å². The lowest BCUT2D eigenvalue weighted by molar-refractivity contribution is -0.208. The van der Waals surface area contributed by atoms with Crippen molar-refractivity contribution < 1.29 is 19.1 Å². The number of β-lactam (4-membered cyclic amide) rings is 1. The van der Waals surface area contributed by atoms with E-state index in [0.29, 0.717) is 13.2 Å². The van der Waals surface area contributed by atoms with Gasteiger partial charge in [0.1, 0.15) is 18.7 Å². The summed E-state index contributed by atoms with van der Waals surface area (Å²) >= 11 is 0. The van der Waals surface area contributed by atoms with Gasteiger partial charge in [0.25, 0.3) is 5.91 Å². The highest BCUT2D eigenvalue weighted by Crippen LogP contribution is 2.36. The van der Waals surface area contributed by atoms with Crippen molar-refractivity contribution in [3.63, 3.8) is 0 Å². The van der Waals surface area contributed by atoms with E-state index in [1.165, 1.54) is 0 Å². The third-order valence-electron chi connectivity index (χ3n) is 7.68. The van der Waals surface area contributed by atoms with Gasteiger partial charge < -0.3 is 9.47 Å². The minimum atomic E-state index is -0.677. The molecule has 0 spiro atoms. The number of hydrogen-bond donors (Lipinski definition) is 0. The summed E-state index contributed by atoms with van der Waals surface area (Å²) in [5.74, 6) is -0.0866. The van der Waals surface area contributed by atoms with Crippen LogP contribution in [-0.2, 0) is 34.0 Å². The van der Waals surface area contributed by atoms with Gasteiger partial charge >= 0.3 is 6.09 Å². The van der Waals surface area contributed by atoms with Crippen LogP contribution in [0.25, 0.3) is 0 Å². The molecular formula is C32H37N3O4. The molecule has 204 valence electrons. The Morgan fingerprint density at radius 1 is 0.795 bits per heavy atom. The van der Waals surface area contributed by atoms with Crippen LogP contribution in [0.3, 0.4) is 0 Å². The van der Waals surface area contributed by atoms with E-state index in [0.717, 1.165) is 29.5 Å². The van der Waals surface area contributed by atoms with Crippen LogP contribution in [0.1, 0.15) is 43.4 Å². The van der Waals surface area contributed by atoms with Crippen LogP contribution in [-0.4, -0.2) is 57.7 Å². The normalized spacial score (nSPS) is 22.9. The summed E-state index contributed by atoms with van der Waals surface area (Å²) < 4.78 is 11.9. The number of rotatable bonds is 10. The quantitative estimate of drug-likeness (QED) is 0.330. The number of nitrogens with zero attached hydrogens (tertiary/aromatic N) is 3. The van der Waals surface area contributed by atoms with Crippen LogP contribution >= 0.6 is 0 Å². The van der Waals surface area contributed by atoms with E-state index in [9.17, 15) is 9.59 Å². The molecule has 2 amide bonds. The molecule has 0 N–H and O–H groups in total. The van der Waals surface area contributed by atoms with E-state index >= 15 is 0 Å². The first kappa shape index (κ1) is 26.9. The fourth-order valence-corrected chi connectivity index (χ4v) is 5.64. The van der Waals surface area contributed by atoms with Crippen LogP contribution < -0.4 is 0 Å². The average molecular weight is 528 g/mol. The summed E-state index contributed by atoms with van der Waals surface area (Å²) in [6.45, 7) is 5.49. The highest BCUT2D eigenvalue weighted by atomic mass is 16.6. The summed E-state index contributed by atoms with van der Waals surface area (Å²) in [4.78, 5) is 29.0. The molecular weight excluding hydrogens is 490 g/mol. The Kier molecular flexibility index (Phi) is 8.59. The maximum Gasteiger partial charge on any atom is 0.411 e. The molecule has 2 aliphatic rings. The highest BCUT2D eigenvalue weighted by molar-refractivity contribution is 5.92. The van der Waals surface area contributed by atoms with Gasteiger partial charge in [-0.25, -0.2) is 9.80 Å². The Morgan fingerprint density at radius 3 is 1.87 bits per heavy atom. The summed E-state index contributed by atoms with van der Waals surface area (Å²) in [6, 6.07) is 28.8. The van der Waals surface area contributed by atoms with E-state index in [1.807, 2.05) is 96.0 Å². The van der Waals surface area contributed by atoms with Gasteiger partial charge in [0.15, 0.2) is 0 Å². The van der Waals surface area contributed by atoms with Crippen LogP contribution in [0.4, 0.5) is 4.79 Å². The zero-order valence-corrected chi connectivity index (χ0v) is 22.7. The average Bonchev–Trinajstić information content (AvgIpc) is 3.29. The van der Waals surface area contributed by atoms with Crippen molar-refractivity contribution in [1.29, 1.82) is 0 Å². The Bertz CT molecular complexity index is 1210. The lowest BCUT2D eigenvalue weighted by Crippen LogP contribution is -2.77. The first-order chi connectivity index (χ1) is 19.0. The molecule has 0 radical (unpaired) electrons. The number of carbonyl (C=O) groups excluding carboxylic acids is 2. The summed E-state index contributed by atoms with van der Waals surface area (Å²) in [5.41, 5.74) is 2.90. The van der Waals surface area contributed by atoms with Crippen LogP contribution in [0.2, 0.25) is 0 Å². The number of ether oxygens (including phenoxy) is 2. The minimum Gasteiger partial charge on any atom is -0.445 e. The number of hydrogen-bond acceptors (Lipinski definition) is 5. The minimum absolute atomic E-state index is 0.0866. The predicted octanol–water partition coefficient (Wildman–Crippen LogP) is 5.41. The lowest BCUT2D eigenvalue weighted by atomic mass is 9.95.